The molecule has 1 atom stereocenters. The van der Waals surface area contributed by atoms with Crippen LogP contribution in [0.15, 0.2) is 24.3 Å². The lowest BCUT2D eigenvalue weighted by Gasteiger charge is -2.28. The second-order valence-corrected chi connectivity index (χ2v) is 8.31. The van der Waals surface area contributed by atoms with Gasteiger partial charge in [0.05, 0.1) is 0 Å². The fourth-order valence-corrected chi connectivity index (χ4v) is 2.88. The maximum absolute atomic E-state index is 12.6. The summed E-state index contributed by atoms with van der Waals surface area (Å²) in [5.41, 5.74) is 1.37. The smallest absolute Gasteiger partial charge is 0.261 e. The summed E-state index contributed by atoms with van der Waals surface area (Å²) in [5, 5.41) is 3.16. The number of ether oxygens (including phenoxy) is 1. The quantitative estimate of drug-likeness (QED) is 0.767. The highest BCUT2D eigenvalue weighted by Crippen LogP contribution is 2.25. The molecule has 0 aliphatic rings. The van der Waals surface area contributed by atoms with E-state index in [9.17, 15) is 4.79 Å². The molecule has 1 N–H and O–H groups in total. The average molecular weight is 334 g/mol. The van der Waals surface area contributed by atoms with Crippen molar-refractivity contribution in [1.82, 2.24) is 5.32 Å². The van der Waals surface area contributed by atoms with E-state index in [1.54, 1.807) is 0 Å². The van der Waals surface area contributed by atoms with Gasteiger partial charge in [-0.25, -0.2) is 0 Å². The van der Waals surface area contributed by atoms with Crippen LogP contribution >= 0.6 is 0 Å². The van der Waals surface area contributed by atoms with Crippen LogP contribution in [0.1, 0.15) is 67.4 Å². The van der Waals surface area contributed by atoms with Crippen molar-refractivity contribution in [2.24, 2.45) is 11.8 Å². The standard InChI is InChI=1S/C21H35NO2/c1-9-18(20(23)22-19(14(2)3)15(4)5)24-17-12-10-16(11-13-17)21(6,7)8/h10-15,18-19H,9H2,1-8H3,(H,22,23). The maximum Gasteiger partial charge on any atom is 0.261 e. The van der Waals surface area contributed by atoms with E-state index < -0.39 is 6.10 Å². The summed E-state index contributed by atoms with van der Waals surface area (Å²) in [6.07, 6.45) is 0.195. The number of carbonyl (C=O) groups is 1. The molecular weight excluding hydrogens is 298 g/mol. The van der Waals surface area contributed by atoms with Gasteiger partial charge in [-0.1, -0.05) is 67.5 Å². The van der Waals surface area contributed by atoms with Crippen molar-refractivity contribution in [3.05, 3.63) is 29.8 Å². The molecule has 3 heteroatoms. The zero-order valence-corrected chi connectivity index (χ0v) is 16.6. The Balaban J connectivity index is 2.78. The van der Waals surface area contributed by atoms with Crippen molar-refractivity contribution in [3.63, 3.8) is 0 Å². The highest BCUT2D eigenvalue weighted by molar-refractivity contribution is 5.81. The first-order valence-corrected chi connectivity index (χ1v) is 9.13. The van der Waals surface area contributed by atoms with Gasteiger partial charge in [-0.15, -0.1) is 0 Å². The highest BCUT2D eigenvalue weighted by Gasteiger charge is 2.25. The molecule has 0 saturated heterocycles. The molecule has 0 aliphatic carbocycles. The number of amides is 1. The summed E-state index contributed by atoms with van der Waals surface area (Å²) in [4.78, 5) is 12.6. The molecule has 0 spiro atoms. The van der Waals surface area contributed by atoms with Gasteiger partial charge in [-0.3, -0.25) is 4.79 Å². The van der Waals surface area contributed by atoms with Crippen LogP contribution < -0.4 is 10.1 Å². The van der Waals surface area contributed by atoms with Crippen LogP contribution in [-0.4, -0.2) is 18.1 Å². The number of benzene rings is 1. The molecule has 0 heterocycles. The topological polar surface area (TPSA) is 38.3 Å². The molecule has 0 aliphatic heterocycles. The van der Waals surface area contributed by atoms with E-state index >= 15 is 0 Å². The molecule has 0 bridgehead atoms. The van der Waals surface area contributed by atoms with Crippen molar-refractivity contribution in [1.29, 1.82) is 0 Å². The van der Waals surface area contributed by atoms with Crippen LogP contribution in [-0.2, 0) is 10.2 Å². The summed E-state index contributed by atoms with van der Waals surface area (Å²) >= 11 is 0. The van der Waals surface area contributed by atoms with Crippen LogP contribution in [0, 0.1) is 11.8 Å². The molecule has 1 amide bonds. The second-order valence-electron chi connectivity index (χ2n) is 8.31. The molecule has 1 aromatic carbocycles. The average Bonchev–Trinajstić information content (AvgIpc) is 2.48. The first-order valence-electron chi connectivity index (χ1n) is 9.13. The van der Waals surface area contributed by atoms with Crippen LogP contribution in [0.5, 0.6) is 5.75 Å². The first kappa shape index (κ1) is 20.5. The lowest BCUT2D eigenvalue weighted by atomic mass is 9.87. The lowest BCUT2D eigenvalue weighted by molar-refractivity contribution is -0.129. The van der Waals surface area contributed by atoms with E-state index in [-0.39, 0.29) is 17.4 Å². The van der Waals surface area contributed by atoms with Crippen molar-refractivity contribution < 1.29 is 9.53 Å². The molecular formula is C21H35NO2. The zero-order valence-electron chi connectivity index (χ0n) is 16.6. The van der Waals surface area contributed by atoms with Crippen LogP contribution in [0.2, 0.25) is 0 Å². The van der Waals surface area contributed by atoms with Crippen molar-refractivity contribution in [2.75, 3.05) is 0 Å². The number of nitrogens with one attached hydrogen (secondary N) is 1. The van der Waals surface area contributed by atoms with Crippen molar-refractivity contribution in [2.45, 2.75) is 79.4 Å². The molecule has 1 aromatic rings. The minimum absolute atomic E-state index is 0.0233. The normalized spacial score (nSPS) is 13.5. The van der Waals surface area contributed by atoms with Gasteiger partial charge in [-0.2, -0.15) is 0 Å². The van der Waals surface area contributed by atoms with E-state index in [0.717, 1.165) is 5.75 Å². The van der Waals surface area contributed by atoms with Crippen molar-refractivity contribution in [3.8, 4) is 5.75 Å². The molecule has 1 unspecified atom stereocenters. The maximum atomic E-state index is 12.6. The zero-order chi connectivity index (χ0) is 18.5. The fraction of sp³-hybridized carbons (Fsp3) is 0.667. The minimum atomic E-state index is -0.453. The van der Waals surface area contributed by atoms with Gasteiger partial charge in [0.1, 0.15) is 5.75 Å². The Morgan fingerprint density at radius 3 is 1.92 bits per heavy atom. The summed E-state index contributed by atoms with van der Waals surface area (Å²) in [6, 6.07) is 8.23. The van der Waals surface area contributed by atoms with Gasteiger partial charge in [0.2, 0.25) is 0 Å². The fourth-order valence-electron chi connectivity index (χ4n) is 2.88. The molecule has 0 aromatic heterocycles. The monoisotopic (exact) mass is 333 g/mol. The number of hydrogen-bond acceptors (Lipinski definition) is 2. The minimum Gasteiger partial charge on any atom is -0.481 e. The molecule has 3 nitrogen and oxygen atoms in total. The Bertz CT molecular complexity index is 504. The third-order valence-electron chi connectivity index (χ3n) is 4.41. The van der Waals surface area contributed by atoms with Crippen LogP contribution in [0.3, 0.4) is 0 Å². The molecule has 136 valence electrons. The second kappa shape index (κ2) is 8.55. The van der Waals surface area contributed by atoms with Gasteiger partial charge in [-0.05, 0) is 41.4 Å². The summed E-state index contributed by atoms with van der Waals surface area (Å²) in [5.74, 6) is 1.52. The van der Waals surface area contributed by atoms with Gasteiger partial charge in [0.25, 0.3) is 5.91 Å². The Labute approximate surface area is 148 Å². The lowest BCUT2D eigenvalue weighted by Crippen LogP contribution is -2.48. The summed E-state index contributed by atoms with van der Waals surface area (Å²) in [7, 11) is 0. The SMILES string of the molecule is CCC(Oc1ccc(C(C)(C)C)cc1)C(=O)NC(C(C)C)C(C)C. The number of rotatable bonds is 7. The third-order valence-corrected chi connectivity index (χ3v) is 4.41. The predicted octanol–water partition coefficient (Wildman–Crippen LogP) is 4.94. The van der Waals surface area contributed by atoms with Crippen LogP contribution in [0.4, 0.5) is 0 Å². The van der Waals surface area contributed by atoms with Crippen LogP contribution in [0.25, 0.3) is 0 Å². The van der Waals surface area contributed by atoms with E-state index in [4.69, 9.17) is 4.74 Å². The van der Waals surface area contributed by atoms with Gasteiger partial charge in [0.15, 0.2) is 6.10 Å². The van der Waals surface area contributed by atoms with E-state index in [0.29, 0.717) is 18.3 Å². The van der Waals surface area contributed by atoms with Gasteiger partial charge >= 0.3 is 0 Å². The van der Waals surface area contributed by atoms with Gasteiger partial charge < -0.3 is 10.1 Å². The molecule has 0 radical (unpaired) electrons. The van der Waals surface area contributed by atoms with E-state index in [1.807, 2.05) is 19.1 Å². The van der Waals surface area contributed by atoms with E-state index in [1.165, 1.54) is 5.56 Å². The molecule has 0 fully saturated rings. The number of hydrogen-bond donors (Lipinski definition) is 1. The Morgan fingerprint density at radius 2 is 1.54 bits per heavy atom. The third kappa shape index (κ3) is 5.85. The Kier molecular flexibility index (Phi) is 7.31. The summed E-state index contributed by atoms with van der Waals surface area (Å²) in [6.45, 7) is 17.1. The highest BCUT2D eigenvalue weighted by atomic mass is 16.5. The first-order chi connectivity index (χ1) is 11.1. The van der Waals surface area contributed by atoms with Crippen molar-refractivity contribution >= 4 is 5.91 Å². The Hall–Kier alpha value is -1.51. The molecule has 1 rings (SSSR count). The largest absolute Gasteiger partial charge is 0.481 e. The molecule has 24 heavy (non-hydrogen) atoms. The molecule has 0 saturated carbocycles. The van der Waals surface area contributed by atoms with Gasteiger partial charge in [0, 0.05) is 6.04 Å². The Morgan fingerprint density at radius 1 is 1.04 bits per heavy atom. The predicted molar refractivity (Wildman–Crippen MR) is 101 cm³/mol. The number of carbonyl (C=O) groups excluding carboxylic acids is 1. The van der Waals surface area contributed by atoms with E-state index in [2.05, 4.69) is 65.9 Å². The summed E-state index contributed by atoms with van der Waals surface area (Å²) < 4.78 is 5.94.